The fraction of sp³-hybridized carbons (Fsp3) is 0.100. The predicted molar refractivity (Wildman–Crippen MR) is 104 cm³/mol. The van der Waals surface area contributed by atoms with Crippen molar-refractivity contribution in [3.63, 3.8) is 0 Å². The first kappa shape index (κ1) is 18.5. The van der Waals surface area contributed by atoms with Gasteiger partial charge in [-0.3, -0.25) is 4.79 Å². The molecule has 0 spiro atoms. The number of thiol groups is 1. The highest BCUT2D eigenvalue weighted by atomic mass is 32.1. The summed E-state index contributed by atoms with van der Waals surface area (Å²) in [4.78, 5) is 23.9. The minimum absolute atomic E-state index is 0.0725. The topological polar surface area (TPSA) is 66.4 Å². The first-order chi connectivity index (χ1) is 12.1. The van der Waals surface area contributed by atoms with Gasteiger partial charge in [-0.2, -0.15) is 0 Å². The molecule has 0 atom stereocenters. The Morgan fingerprint density at radius 3 is 2.40 bits per heavy atom. The molecule has 2 rings (SSSR count). The van der Waals surface area contributed by atoms with E-state index in [1.807, 2.05) is 48.6 Å². The third kappa shape index (κ3) is 6.31. The second-order valence-corrected chi connectivity index (χ2v) is 5.90. The van der Waals surface area contributed by atoms with E-state index in [0.717, 1.165) is 10.5 Å². The molecule has 1 amide bonds. The number of aromatic carboxylic acids is 1. The van der Waals surface area contributed by atoms with Crippen molar-refractivity contribution in [2.45, 2.75) is 12.8 Å². The molecule has 0 saturated carbocycles. The summed E-state index contributed by atoms with van der Waals surface area (Å²) in [5, 5.41) is 11.7. The Morgan fingerprint density at radius 2 is 1.68 bits per heavy atom. The zero-order valence-corrected chi connectivity index (χ0v) is 14.4. The Kier molecular flexibility index (Phi) is 7.04. The molecule has 2 aromatic rings. The molecule has 2 aromatic carbocycles. The molecule has 128 valence electrons. The molecule has 25 heavy (non-hydrogen) atoms. The van der Waals surface area contributed by atoms with Crippen LogP contribution in [0.3, 0.4) is 0 Å². The highest BCUT2D eigenvalue weighted by molar-refractivity contribution is 7.84. The van der Waals surface area contributed by atoms with Gasteiger partial charge in [0.15, 0.2) is 0 Å². The number of benzene rings is 2. The van der Waals surface area contributed by atoms with Crippen LogP contribution in [0.1, 0.15) is 28.8 Å². The van der Waals surface area contributed by atoms with Gasteiger partial charge in [0.25, 0.3) is 0 Å². The number of hydrogen-bond donors (Lipinski definition) is 3. The smallest absolute Gasteiger partial charge is 0.337 e. The molecule has 0 aromatic heterocycles. The molecule has 0 saturated heterocycles. The van der Waals surface area contributed by atoms with Crippen LogP contribution >= 0.6 is 12.6 Å². The summed E-state index contributed by atoms with van der Waals surface area (Å²) in [6.45, 7) is 0. The van der Waals surface area contributed by atoms with Crippen LogP contribution in [0.4, 0.5) is 5.69 Å². The molecule has 0 heterocycles. The summed E-state index contributed by atoms with van der Waals surface area (Å²) in [6.07, 6.45) is 6.38. The zero-order chi connectivity index (χ0) is 18.1. The molecule has 4 nitrogen and oxygen atoms in total. The van der Waals surface area contributed by atoms with E-state index in [1.165, 1.54) is 6.07 Å². The zero-order valence-electron chi connectivity index (χ0n) is 13.6. The Hall–Kier alpha value is -2.79. The highest BCUT2D eigenvalue weighted by Gasteiger charge is 2.11. The first-order valence-electron chi connectivity index (χ1n) is 7.79. The summed E-state index contributed by atoms with van der Waals surface area (Å²) >= 11 is 4.37. The van der Waals surface area contributed by atoms with Crippen molar-refractivity contribution in [1.29, 1.82) is 0 Å². The van der Waals surface area contributed by atoms with Crippen LogP contribution in [0.25, 0.3) is 6.08 Å². The molecule has 0 unspecified atom stereocenters. The standard InChI is InChI=1S/C20H19NO3S/c22-19(21-18-12-5-4-11-17(18)20(23)24)14-13-16(25)10-6-9-15-7-2-1-3-8-15/h1-12,25H,13-14H2,(H,21,22)(H,23,24)/b9-6+,16-10-. The molecule has 0 radical (unpaired) electrons. The van der Waals surface area contributed by atoms with E-state index in [-0.39, 0.29) is 17.9 Å². The second-order valence-electron chi connectivity index (χ2n) is 5.33. The number of carbonyl (C=O) groups is 2. The second kappa shape index (κ2) is 9.49. The van der Waals surface area contributed by atoms with Gasteiger partial charge in [0.2, 0.25) is 5.91 Å². The fourth-order valence-electron chi connectivity index (χ4n) is 2.15. The molecular weight excluding hydrogens is 334 g/mol. The van der Waals surface area contributed by atoms with Crippen LogP contribution in [0.2, 0.25) is 0 Å². The number of rotatable bonds is 7. The van der Waals surface area contributed by atoms with Crippen LogP contribution in [0.15, 0.2) is 71.7 Å². The lowest BCUT2D eigenvalue weighted by molar-refractivity contribution is -0.116. The van der Waals surface area contributed by atoms with E-state index in [4.69, 9.17) is 5.11 Å². The Labute approximate surface area is 152 Å². The van der Waals surface area contributed by atoms with Crippen LogP contribution in [0, 0.1) is 0 Å². The van der Waals surface area contributed by atoms with Crippen LogP contribution in [-0.2, 0) is 4.79 Å². The van der Waals surface area contributed by atoms with Crippen molar-refractivity contribution in [3.05, 3.63) is 82.8 Å². The third-order valence-corrected chi connectivity index (χ3v) is 3.79. The highest BCUT2D eigenvalue weighted by Crippen LogP contribution is 2.17. The van der Waals surface area contributed by atoms with Gasteiger partial charge >= 0.3 is 5.97 Å². The Bertz CT molecular complexity index is 798. The summed E-state index contributed by atoms with van der Waals surface area (Å²) in [5.41, 5.74) is 1.46. The quantitative estimate of drug-likeness (QED) is 0.502. The van der Waals surface area contributed by atoms with Gasteiger partial charge in [0.1, 0.15) is 0 Å². The van der Waals surface area contributed by atoms with Crippen molar-refractivity contribution in [2.75, 3.05) is 5.32 Å². The first-order valence-corrected chi connectivity index (χ1v) is 8.24. The van der Waals surface area contributed by atoms with Gasteiger partial charge in [-0.15, -0.1) is 12.6 Å². The maximum Gasteiger partial charge on any atom is 0.337 e. The summed E-state index contributed by atoms with van der Waals surface area (Å²) in [6, 6.07) is 16.2. The number of carboxylic acids is 1. The number of para-hydroxylation sites is 1. The van der Waals surface area contributed by atoms with Gasteiger partial charge in [0, 0.05) is 6.42 Å². The molecule has 0 aliphatic rings. The fourth-order valence-corrected chi connectivity index (χ4v) is 2.35. The third-order valence-electron chi connectivity index (χ3n) is 3.42. The van der Waals surface area contributed by atoms with Crippen LogP contribution in [0.5, 0.6) is 0 Å². The average molecular weight is 353 g/mol. The minimum atomic E-state index is -1.07. The molecule has 0 aliphatic heterocycles. The number of hydrogen-bond acceptors (Lipinski definition) is 3. The number of anilines is 1. The lowest BCUT2D eigenvalue weighted by Crippen LogP contribution is -2.14. The van der Waals surface area contributed by atoms with Gasteiger partial charge in [-0.25, -0.2) is 4.79 Å². The lowest BCUT2D eigenvalue weighted by Gasteiger charge is -2.08. The number of carboxylic acid groups (broad SMARTS) is 1. The van der Waals surface area contributed by atoms with Crippen molar-refractivity contribution < 1.29 is 14.7 Å². The molecular formula is C20H19NO3S. The molecule has 5 heteroatoms. The number of carbonyl (C=O) groups excluding carboxylic acids is 1. The van der Waals surface area contributed by atoms with E-state index < -0.39 is 5.97 Å². The van der Waals surface area contributed by atoms with Crippen molar-refractivity contribution in [2.24, 2.45) is 0 Å². The largest absolute Gasteiger partial charge is 0.478 e. The monoisotopic (exact) mass is 353 g/mol. The summed E-state index contributed by atoms with van der Waals surface area (Å²) < 4.78 is 0. The van der Waals surface area contributed by atoms with Gasteiger partial charge < -0.3 is 10.4 Å². The predicted octanol–water partition coefficient (Wildman–Crippen LogP) is 4.63. The molecule has 0 bridgehead atoms. The van der Waals surface area contributed by atoms with Crippen LogP contribution < -0.4 is 5.32 Å². The molecule has 0 fully saturated rings. The van der Waals surface area contributed by atoms with E-state index in [1.54, 1.807) is 18.2 Å². The summed E-state index contributed by atoms with van der Waals surface area (Å²) in [5.74, 6) is -1.32. The number of allylic oxidation sites excluding steroid dienone is 3. The van der Waals surface area contributed by atoms with E-state index in [0.29, 0.717) is 12.1 Å². The van der Waals surface area contributed by atoms with Crippen molar-refractivity contribution in [1.82, 2.24) is 0 Å². The van der Waals surface area contributed by atoms with Crippen LogP contribution in [-0.4, -0.2) is 17.0 Å². The lowest BCUT2D eigenvalue weighted by atomic mass is 10.1. The molecule has 0 aliphatic carbocycles. The Morgan fingerprint density at radius 1 is 1.00 bits per heavy atom. The average Bonchev–Trinajstić information content (AvgIpc) is 2.61. The van der Waals surface area contributed by atoms with Gasteiger partial charge in [-0.1, -0.05) is 60.7 Å². The molecule has 2 N–H and O–H groups in total. The van der Waals surface area contributed by atoms with E-state index in [9.17, 15) is 9.59 Å². The maximum absolute atomic E-state index is 12.0. The summed E-state index contributed by atoms with van der Waals surface area (Å²) in [7, 11) is 0. The maximum atomic E-state index is 12.0. The number of nitrogens with one attached hydrogen (secondary N) is 1. The SMILES string of the molecule is O=C(CC/C(S)=C/C=C/c1ccccc1)Nc1ccccc1C(=O)O. The van der Waals surface area contributed by atoms with Crippen molar-refractivity contribution >= 4 is 36.3 Å². The minimum Gasteiger partial charge on any atom is -0.478 e. The van der Waals surface area contributed by atoms with Gasteiger partial charge in [-0.05, 0) is 29.0 Å². The van der Waals surface area contributed by atoms with Crippen molar-refractivity contribution in [3.8, 4) is 0 Å². The van der Waals surface area contributed by atoms with Gasteiger partial charge in [0.05, 0.1) is 11.3 Å². The normalized spacial score (nSPS) is 11.5. The van der Waals surface area contributed by atoms with E-state index in [2.05, 4.69) is 17.9 Å². The Balaban J connectivity index is 1.86. The van der Waals surface area contributed by atoms with E-state index >= 15 is 0 Å². The number of amides is 1.